The van der Waals surface area contributed by atoms with Crippen LogP contribution in [-0.2, 0) is 13.2 Å². The molecule has 4 rings (SSSR count). The van der Waals surface area contributed by atoms with E-state index in [4.69, 9.17) is 4.74 Å². The molecule has 0 radical (unpaired) electrons. The summed E-state index contributed by atoms with van der Waals surface area (Å²) in [6.45, 7) is 5.87. The second kappa shape index (κ2) is 6.28. The third-order valence-electron chi connectivity index (χ3n) is 5.09. The fraction of sp³-hybridized carbons (Fsp3) is 0.588. The lowest BCUT2D eigenvalue weighted by atomic mass is 9.84. The number of nitrogens with zero attached hydrogens (tertiary/aromatic N) is 5. The first-order valence-electron chi connectivity index (χ1n) is 8.51. The lowest BCUT2D eigenvalue weighted by molar-refractivity contribution is 0.110. The van der Waals surface area contributed by atoms with Gasteiger partial charge >= 0.3 is 0 Å². The van der Waals surface area contributed by atoms with E-state index in [-0.39, 0.29) is 0 Å². The Morgan fingerprint density at radius 3 is 2.87 bits per heavy atom. The smallest absolute Gasteiger partial charge is 0.213 e. The number of pyridine rings is 1. The number of aromatic nitrogens is 4. The molecule has 0 unspecified atom stereocenters. The molecule has 6 nitrogen and oxygen atoms in total. The zero-order chi connectivity index (χ0) is 15.6. The highest BCUT2D eigenvalue weighted by Crippen LogP contribution is 2.31. The van der Waals surface area contributed by atoms with E-state index < -0.39 is 0 Å². The van der Waals surface area contributed by atoms with E-state index in [1.54, 1.807) is 6.20 Å². The van der Waals surface area contributed by atoms with Crippen molar-refractivity contribution in [3.63, 3.8) is 0 Å². The average molecular weight is 313 g/mol. The van der Waals surface area contributed by atoms with E-state index in [0.717, 1.165) is 30.7 Å². The van der Waals surface area contributed by atoms with Crippen LogP contribution in [0.1, 0.15) is 43.9 Å². The van der Waals surface area contributed by atoms with Gasteiger partial charge in [-0.2, -0.15) is 0 Å². The highest BCUT2D eigenvalue weighted by Gasteiger charge is 2.31. The monoisotopic (exact) mass is 313 g/mol. The minimum atomic E-state index is 0.334. The van der Waals surface area contributed by atoms with Gasteiger partial charge in [-0.05, 0) is 31.7 Å². The Balaban J connectivity index is 1.43. The summed E-state index contributed by atoms with van der Waals surface area (Å²) >= 11 is 0. The second-order valence-corrected chi connectivity index (χ2v) is 6.55. The summed E-state index contributed by atoms with van der Waals surface area (Å²) in [6, 6.07) is 5.99. The Bertz CT molecular complexity index is 652. The van der Waals surface area contributed by atoms with Crippen molar-refractivity contribution in [3.05, 3.63) is 36.0 Å². The Hall–Kier alpha value is -1.95. The van der Waals surface area contributed by atoms with Gasteiger partial charge in [-0.15, -0.1) is 10.2 Å². The van der Waals surface area contributed by atoms with Gasteiger partial charge in [0.2, 0.25) is 5.88 Å². The average Bonchev–Trinajstić information content (AvgIpc) is 2.95. The van der Waals surface area contributed by atoms with Gasteiger partial charge in [0.05, 0.1) is 6.04 Å². The van der Waals surface area contributed by atoms with Gasteiger partial charge in [0.25, 0.3) is 0 Å². The molecule has 0 bridgehead atoms. The summed E-state index contributed by atoms with van der Waals surface area (Å²) in [5.74, 6) is 3.47. The molecule has 2 aliphatic rings. The van der Waals surface area contributed by atoms with Gasteiger partial charge in [0, 0.05) is 31.9 Å². The minimum absolute atomic E-state index is 0.334. The Morgan fingerprint density at radius 1 is 1.22 bits per heavy atom. The quantitative estimate of drug-likeness (QED) is 0.848. The van der Waals surface area contributed by atoms with E-state index >= 15 is 0 Å². The minimum Gasteiger partial charge on any atom is -0.469 e. The summed E-state index contributed by atoms with van der Waals surface area (Å²) in [6.07, 6.45) is 5.91. The van der Waals surface area contributed by atoms with E-state index in [2.05, 4.69) is 31.6 Å². The number of rotatable bonds is 5. The van der Waals surface area contributed by atoms with Crippen molar-refractivity contribution in [2.45, 2.75) is 45.4 Å². The first-order chi connectivity index (χ1) is 11.3. The van der Waals surface area contributed by atoms with Gasteiger partial charge in [-0.3, -0.25) is 4.90 Å². The van der Waals surface area contributed by atoms with Gasteiger partial charge in [-0.25, -0.2) is 4.98 Å². The van der Waals surface area contributed by atoms with Crippen molar-refractivity contribution >= 4 is 0 Å². The van der Waals surface area contributed by atoms with Crippen molar-refractivity contribution in [1.82, 2.24) is 24.6 Å². The first-order valence-corrected chi connectivity index (χ1v) is 8.51. The second-order valence-electron chi connectivity index (χ2n) is 6.55. The largest absolute Gasteiger partial charge is 0.469 e. The molecule has 2 aromatic rings. The van der Waals surface area contributed by atoms with Gasteiger partial charge < -0.3 is 9.30 Å². The van der Waals surface area contributed by atoms with Crippen LogP contribution in [0, 0.1) is 5.92 Å². The van der Waals surface area contributed by atoms with Crippen LogP contribution in [0.25, 0.3) is 0 Å². The summed E-state index contributed by atoms with van der Waals surface area (Å²) in [7, 11) is 0. The summed E-state index contributed by atoms with van der Waals surface area (Å²) in [5, 5.41) is 8.77. The number of hydrogen-bond acceptors (Lipinski definition) is 5. The maximum Gasteiger partial charge on any atom is 0.213 e. The molecule has 0 aromatic carbocycles. The van der Waals surface area contributed by atoms with E-state index in [1.807, 2.05) is 18.2 Å². The van der Waals surface area contributed by atoms with Crippen LogP contribution in [0.4, 0.5) is 0 Å². The lowest BCUT2D eigenvalue weighted by Gasteiger charge is -2.38. The zero-order valence-electron chi connectivity index (χ0n) is 13.6. The van der Waals surface area contributed by atoms with Crippen LogP contribution >= 0.6 is 0 Å². The molecule has 0 saturated heterocycles. The molecular weight excluding hydrogens is 290 g/mol. The van der Waals surface area contributed by atoms with E-state index in [9.17, 15) is 0 Å². The SMILES string of the molecule is C[C@@H]1c2nnc(COc3ccccn3)n2CCN1CC1CCC1. The molecule has 0 spiro atoms. The first kappa shape index (κ1) is 14.6. The van der Waals surface area contributed by atoms with Gasteiger partial charge in [0.1, 0.15) is 12.4 Å². The van der Waals surface area contributed by atoms with Crippen LogP contribution in [0.2, 0.25) is 0 Å². The van der Waals surface area contributed by atoms with Crippen LogP contribution in [0.5, 0.6) is 5.88 Å². The topological polar surface area (TPSA) is 56.1 Å². The number of hydrogen-bond donors (Lipinski definition) is 0. The Labute approximate surface area is 136 Å². The third-order valence-corrected chi connectivity index (χ3v) is 5.09. The normalized spacial score (nSPS) is 21.7. The molecule has 2 aromatic heterocycles. The van der Waals surface area contributed by atoms with Crippen molar-refractivity contribution in [2.24, 2.45) is 5.92 Å². The van der Waals surface area contributed by atoms with Crippen LogP contribution < -0.4 is 4.74 Å². The highest BCUT2D eigenvalue weighted by atomic mass is 16.5. The number of ether oxygens (including phenoxy) is 1. The molecule has 23 heavy (non-hydrogen) atoms. The molecule has 122 valence electrons. The molecular formula is C17H23N5O. The molecule has 1 fully saturated rings. The molecule has 1 atom stereocenters. The molecule has 6 heteroatoms. The summed E-state index contributed by atoms with van der Waals surface area (Å²) in [5.41, 5.74) is 0. The molecule has 0 N–H and O–H groups in total. The molecule has 1 saturated carbocycles. The van der Waals surface area contributed by atoms with E-state index in [1.165, 1.54) is 25.8 Å². The van der Waals surface area contributed by atoms with Gasteiger partial charge in [-0.1, -0.05) is 12.5 Å². The molecule has 0 amide bonds. The summed E-state index contributed by atoms with van der Waals surface area (Å²) in [4.78, 5) is 6.73. The van der Waals surface area contributed by atoms with E-state index in [0.29, 0.717) is 18.5 Å². The highest BCUT2D eigenvalue weighted by molar-refractivity contribution is 5.10. The van der Waals surface area contributed by atoms with Crippen molar-refractivity contribution < 1.29 is 4.74 Å². The summed E-state index contributed by atoms with van der Waals surface area (Å²) < 4.78 is 7.93. The van der Waals surface area contributed by atoms with Crippen LogP contribution in [0.3, 0.4) is 0 Å². The van der Waals surface area contributed by atoms with Crippen molar-refractivity contribution in [3.8, 4) is 5.88 Å². The standard InChI is InChI=1S/C17H23N5O/c1-13-17-20-19-15(12-23-16-7-2-3-8-18-16)22(17)10-9-21(13)11-14-5-4-6-14/h2-3,7-8,13-14H,4-6,9-12H2,1H3/t13-/m1/s1. The Morgan fingerprint density at radius 2 is 2.13 bits per heavy atom. The maximum atomic E-state index is 5.72. The Kier molecular flexibility index (Phi) is 3.99. The lowest BCUT2D eigenvalue weighted by Crippen LogP contribution is -2.41. The van der Waals surface area contributed by atoms with Crippen molar-refractivity contribution in [1.29, 1.82) is 0 Å². The fourth-order valence-corrected chi connectivity index (χ4v) is 3.42. The molecule has 1 aliphatic heterocycles. The molecule has 1 aliphatic carbocycles. The van der Waals surface area contributed by atoms with Gasteiger partial charge in [0.15, 0.2) is 5.82 Å². The molecule has 3 heterocycles. The van der Waals surface area contributed by atoms with Crippen molar-refractivity contribution in [2.75, 3.05) is 13.1 Å². The third kappa shape index (κ3) is 2.95. The number of fused-ring (bicyclic) bond motifs is 1. The predicted octanol–water partition coefficient (Wildman–Crippen LogP) is 2.43. The fourth-order valence-electron chi connectivity index (χ4n) is 3.42. The predicted molar refractivity (Wildman–Crippen MR) is 85.9 cm³/mol. The zero-order valence-corrected chi connectivity index (χ0v) is 13.6. The van der Waals surface area contributed by atoms with Crippen LogP contribution in [-0.4, -0.2) is 37.7 Å². The maximum absolute atomic E-state index is 5.72. The van der Waals surface area contributed by atoms with Crippen LogP contribution in [0.15, 0.2) is 24.4 Å².